The van der Waals surface area contributed by atoms with Crippen LogP contribution in [0.4, 0.5) is 8.78 Å². The van der Waals surface area contributed by atoms with Gasteiger partial charge in [0.1, 0.15) is 17.5 Å². The summed E-state index contributed by atoms with van der Waals surface area (Å²) < 4.78 is 28.8. The van der Waals surface area contributed by atoms with Gasteiger partial charge in [-0.3, -0.25) is 4.40 Å². The first-order chi connectivity index (χ1) is 11.0. The molecule has 23 heavy (non-hydrogen) atoms. The molecule has 0 spiro atoms. The number of hydrogen-bond acceptors (Lipinski definition) is 2. The molecule has 0 saturated carbocycles. The van der Waals surface area contributed by atoms with Crippen LogP contribution in [0.25, 0.3) is 16.8 Å². The van der Waals surface area contributed by atoms with Gasteiger partial charge in [0.2, 0.25) is 0 Å². The van der Waals surface area contributed by atoms with Crippen LogP contribution < -0.4 is 0 Å². The SMILES string of the molecule is CC(C)c1nnc2ccc(C3=C=C3c3ccc(F)cc3F)cn12. The zero-order valence-corrected chi connectivity index (χ0v) is 12.6. The number of allylic oxidation sites excluding steroid dienone is 1. The van der Waals surface area contributed by atoms with Crippen molar-refractivity contribution in [1.82, 2.24) is 14.6 Å². The van der Waals surface area contributed by atoms with Crippen molar-refractivity contribution in [2.45, 2.75) is 19.8 Å². The van der Waals surface area contributed by atoms with Crippen molar-refractivity contribution in [3.63, 3.8) is 0 Å². The molecule has 114 valence electrons. The molecule has 1 aromatic carbocycles. The maximum atomic E-state index is 13.9. The van der Waals surface area contributed by atoms with Crippen molar-refractivity contribution in [3.8, 4) is 0 Å². The molecule has 0 fully saturated rings. The van der Waals surface area contributed by atoms with Crippen LogP contribution >= 0.6 is 0 Å². The molecule has 1 aliphatic rings. The molecular weight excluding hydrogens is 296 g/mol. The molecular formula is C18H13F2N3. The highest BCUT2D eigenvalue weighted by atomic mass is 19.1. The number of rotatable bonds is 3. The average Bonchev–Trinajstić information content (AvgIpc) is 3.17. The van der Waals surface area contributed by atoms with Gasteiger partial charge in [-0.15, -0.1) is 15.9 Å². The normalized spacial score (nSPS) is 13.4. The summed E-state index contributed by atoms with van der Waals surface area (Å²) in [6.45, 7) is 4.11. The number of hydrogen-bond donors (Lipinski definition) is 0. The highest BCUT2D eigenvalue weighted by Gasteiger charge is 2.23. The monoisotopic (exact) mass is 309 g/mol. The number of pyridine rings is 1. The molecule has 4 rings (SSSR count). The van der Waals surface area contributed by atoms with Crippen molar-refractivity contribution in [1.29, 1.82) is 0 Å². The van der Waals surface area contributed by atoms with E-state index in [1.54, 1.807) is 0 Å². The molecule has 0 atom stereocenters. The summed E-state index contributed by atoms with van der Waals surface area (Å²) in [6, 6.07) is 7.37. The minimum atomic E-state index is -0.582. The molecule has 0 bridgehead atoms. The van der Waals surface area contributed by atoms with Gasteiger partial charge in [0.05, 0.1) is 0 Å². The maximum Gasteiger partial charge on any atom is 0.160 e. The number of nitrogens with zero attached hydrogens (tertiary/aromatic N) is 3. The molecule has 1 aliphatic carbocycles. The number of fused-ring (bicyclic) bond motifs is 1. The molecule has 0 N–H and O–H groups in total. The van der Waals surface area contributed by atoms with Gasteiger partial charge in [-0.1, -0.05) is 13.8 Å². The van der Waals surface area contributed by atoms with Crippen molar-refractivity contribution in [2.24, 2.45) is 0 Å². The van der Waals surface area contributed by atoms with E-state index in [4.69, 9.17) is 0 Å². The van der Waals surface area contributed by atoms with Gasteiger partial charge >= 0.3 is 0 Å². The van der Waals surface area contributed by atoms with Gasteiger partial charge in [-0.25, -0.2) is 8.78 Å². The second-order valence-corrected chi connectivity index (χ2v) is 5.86. The minimum absolute atomic E-state index is 0.246. The van der Waals surface area contributed by atoms with Crippen LogP contribution in [0.5, 0.6) is 0 Å². The lowest BCUT2D eigenvalue weighted by Gasteiger charge is -2.05. The Balaban J connectivity index is 1.69. The maximum absolute atomic E-state index is 13.9. The summed E-state index contributed by atoms with van der Waals surface area (Å²) in [7, 11) is 0. The van der Waals surface area contributed by atoms with Crippen LogP contribution in [0.1, 0.15) is 36.7 Å². The van der Waals surface area contributed by atoms with Gasteiger partial charge in [0, 0.05) is 40.5 Å². The van der Waals surface area contributed by atoms with E-state index in [-0.39, 0.29) is 5.92 Å². The van der Waals surface area contributed by atoms with E-state index in [1.165, 1.54) is 12.1 Å². The van der Waals surface area contributed by atoms with Crippen molar-refractivity contribution in [2.75, 3.05) is 0 Å². The third-order valence-corrected chi connectivity index (χ3v) is 3.87. The fourth-order valence-electron chi connectivity index (χ4n) is 2.65. The van der Waals surface area contributed by atoms with Crippen LogP contribution in [0.3, 0.4) is 0 Å². The lowest BCUT2D eigenvalue weighted by Crippen LogP contribution is -1.97. The van der Waals surface area contributed by atoms with Crippen LogP contribution in [-0.2, 0) is 0 Å². The zero-order chi connectivity index (χ0) is 16.1. The molecule has 0 radical (unpaired) electrons. The van der Waals surface area contributed by atoms with Crippen LogP contribution in [0, 0.1) is 11.6 Å². The van der Waals surface area contributed by atoms with E-state index in [9.17, 15) is 8.78 Å². The molecule has 0 amide bonds. The Morgan fingerprint density at radius 3 is 2.61 bits per heavy atom. The summed E-state index contributed by atoms with van der Waals surface area (Å²) >= 11 is 0. The predicted molar refractivity (Wildman–Crippen MR) is 83.8 cm³/mol. The minimum Gasteiger partial charge on any atom is -0.286 e. The van der Waals surface area contributed by atoms with Crippen molar-refractivity contribution >= 4 is 16.8 Å². The van der Waals surface area contributed by atoms with Gasteiger partial charge in [-0.2, -0.15) is 0 Å². The quantitative estimate of drug-likeness (QED) is 0.678. The molecule has 3 nitrogen and oxygen atoms in total. The smallest absolute Gasteiger partial charge is 0.160 e. The van der Waals surface area contributed by atoms with Crippen LogP contribution in [0.2, 0.25) is 0 Å². The summed E-state index contributed by atoms with van der Waals surface area (Å²) in [5, 5.41) is 8.33. The van der Waals surface area contributed by atoms with E-state index in [2.05, 4.69) is 29.8 Å². The third-order valence-electron chi connectivity index (χ3n) is 3.87. The van der Waals surface area contributed by atoms with Gasteiger partial charge < -0.3 is 0 Å². The Hall–Kier alpha value is -2.78. The number of benzene rings is 1. The van der Waals surface area contributed by atoms with Crippen molar-refractivity contribution in [3.05, 3.63) is 70.8 Å². The number of halogens is 2. The molecule has 2 aromatic heterocycles. The molecule has 3 aromatic rings. The van der Waals surface area contributed by atoms with Crippen LogP contribution in [0.15, 0.2) is 42.3 Å². The fraction of sp³-hybridized carbons (Fsp3) is 0.167. The van der Waals surface area contributed by atoms with E-state index in [0.29, 0.717) is 11.1 Å². The number of aromatic nitrogens is 3. The summed E-state index contributed by atoms with van der Waals surface area (Å²) in [4.78, 5) is 0. The topological polar surface area (TPSA) is 30.2 Å². The first-order valence-corrected chi connectivity index (χ1v) is 7.36. The Kier molecular flexibility index (Phi) is 2.93. The van der Waals surface area contributed by atoms with E-state index in [1.807, 2.05) is 22.7 Å². The third kappa shape index (κ3) is 2.26. The molecule has 5 heteroatoms. The Morgan fingerprint density at radius 2 is 1.87 bits per heavy atom. The fourth-order valence-corrected chi connectivity index (χ4v) is 2.65. The second-order valence-electron chi connectivity index (χ2n) is 5.86. The van der Waals surface area contributed by atoms with Crippen molar-refractivity contribution < 1.29 is 8.78 Å². The first kappa shape index (κ1) is 13.9. The molecule has 0 saturated heterocycles. The highest BCUT2D eigenvalue weighted by Crippen LogP contribution is 2.40. The largest absolute Gasteiger partial charge is 0.286 e. The van der Waals surface area contributed by atoms with Gasteiger partial charge in [0.25, 0.3) is 0 Å². The van der Waals surface area contributed by atoms with Gasteiger partial charge in [-0.05, 0) is 24.3 Å². The predicted octanol–water partition coefficient (Wildman–Crippen LogP) is 4.21. The Labute approximate surface area is 131 Å². The highest BCUT2D eigenvalue weighted by molar-refractivity contribution is 6.16. The summed E-state index contributed by atoms with van der Waals surface area (Å²) in [6.07, 6.45) is 1.93. The summed E-state index contributed by atoms with van der Waals surface area (Å²) in [5.41, 5.74) is 6.66. The molecule has 0 aliphatic heterocycles. The van der Waals surface area contributed by atoms with E-state index < -0.39 is 11.6 Å². The van der Waals surface area contributed by atoms with E-state index >= 15 is 0 Å². The Bertz CT molecular complexity index is 1010. The van der Waals surface area contributed by atoms with Gasteiger partial charge in [0.15, 0.2) is 5.65 Å². The van der Waals surface area contributed by atoms with Crippen LogP contribution in [-0.4, -0.2) is 14.6 Å². The second kappa shape index (κ2) is 4.86. The molecule has 0 unspecified atom stereocenters. The lowest BCUT2D eigenvalue weighted by atomic mass is 10.1. The first-order valence-electron chi connectivity index (χ1n) is 7.36. The average molecular weight is 309 g/mol. The Morgan fingerprint density at radius 1 is 1.04 bits per heavy atom. The zero-order valence-electron chi connectivity index (χ0n) is 12.6. The summed E-state index contributed by atoms with van der Waals surface area (Å²) in [5.74, 6) is -0.0368. The standard InChI is InChI=1S/C18H13F2N3/c1-10(2)18-22-21-17-6-3-11(9-23(17)18)14-8-15(14)13-5-4-12(19)7-16(13)20/h3-7,9-10H,1-2H3. The lowest BCUT2D eigenvalue weighted by molar-refractivity contribution is 0.581. The van der Waals surface area contributed by atoms with E-state index in [0.717, 1.165) is 28.7 Å². The molecule has 2 heterocycles.